The lowest BCUT2D eigenvalue weighted by Gasteiger charge is -2.31. The zero-order valence-corrected chi connectivity index (χ0v) is 16.4. The molecule has 0 saturated carbocycles. The Labute approximate surface area is 166 Å². The molecule has 7 nitrogen and oxygen atoms in total. The fourth-order valence-corrected chi connectivity index (χ4v) is 3.97. The summed E-state index contributed by atoms with van der Waals surface area (Å²) < 4.78 is 5.47. The lowest BCUT2D eigenvalue weighted by Crippen LogP contribution is -2.37. The van der Waals surface area contributed by atoms with Crippen molar-refractivity contribution >= 4 is 34.7 Å². The van der Waals surface area contributed by atoms with E-state index in [0.29, 0.717) is 22.0 Å². The van der Waals surface area contributed by atoms with E-state index < -0.39 is 10.8 Å². The quantitative estimate of drug-likeness (QED) is 0.635. The van der Waals surface area contributed by atoms with Crippen LogP contribution in [-0.4, -0.2) is 28.0 Å². The number of hydrazone groups is 1. The van der Waals surface area contributed by atoms with Gasteiger partial charge in [0.1, 0.15) is 10.6 Å². The summed E-state index contributed by atoms with van der Waals surface area (Å²) in [6, 6.07) is 15.6. The molecule has 1 aliphatic heterocycles. The Hall–Kier alpha value is -3.13. The average Bonchev–Trinajstić information content (AvgIpc) is 2.99. The van der Waals surface area contributed by atoms with Gasteiger partial charge in [-0.05, 0) is 36.8 Å². The Kier molecular flexibility index (Phi) is 5.51. The van der Waals surface area contributed by atoms with Crippen molar-refractivity contribution in [1.82, 2.24) is 10.3 Å². The van der Waals surface area contributed by atoms with E-state index in [2.05, 4.69) is 10.4 Å². The number of amides is 2. The molecule has 0 radical (unpaired) electrons. The van der Waals surface area contributed by atoms with Crippen LogP contribution in [0.25, 0.3) is 0 Å². The molecule has 1 aliphatic rings. The third kappa shape index (κ3) is 4.07. The van der Waals surface area contributed by atoms with Gasteiger partial charge < -0.3 is 10.1 Å². The van der Waals surface area contributed by atoms with Gasteiger partial charge in [0.25, 0.3) is 0 Å². The predicted octanol–water partition coefficient (Wildman–Crippen LogP) is 3.08. The van der Waals surface area contributed by atoms with Crippen molar-refractivity contribution in [3.05, 3.63) is 65.7 Å². The molecule has 1 heterocycles. The Bertz CT molecular complexity index is 961. The van der Waals surface area contributed by atoms with E-state index in [-0.39, 0.29) is 11.8 Å². The van der Waals surface area contributed by atoms with Gasteiger partial charge in [0.2, 0.25) is 11.8 Å². The number of carbonyl (C=O) groups is 3. The zero-order chi connectivity index (χ0) is 20.3. The Morgan fingerprint density at radius 3 is 2.43 bits per heavy atom. The number of thioether (sulfide) groups is 1. The van der Waals surface area contributed by atoms with Crippen LogP contribution in [0, 0.1) is 0 Å². The molecule has 0 aliphatic carbocycles. The Morgan fingerprint density at radius 1 is 1.07 bits per heavy atom. The van der Waals surface area contributed by atoms with Gasteiger partial charge >= 0.3 is 5.97 Å². The number of rotatable bonds is 3. The average molecular weight is 397 g/mol. The molecule has 28 heavy (non-hydrogen) atoms. The standard InChI is InChI=1S/C20H19N3O4S/c1-13(24)21-19-22-23(14(2)25)20(3,28-19)16-10-7-11-17(12-16)27-18(26)15-8-5-4-6-9-15/h4-12H,1-3H3,(H,21,22,24). The Balaban J connectivity index is 1.87. The number of carbonyl (C=O) groups excluding carboxylic acids is 3. The van der Waals surface area contributed by atoms with Crippen molar-refractivity contribution in [2.24, 2.45) is 5.10 Å². The van der Waals surface area contributed by atoms with E-state index in [0.717, 1.165) is 0 Å². The molecule has 2 aromatic carbocycles. The molecule has 8 heteroatoms. The molecule has 0 spiro atoms. The molecule has 1 unspecified atom stereocenters. The maximum Gasteiger partial charge on any atom is 0.343 e. The van der Waals surface area contributed by atoms with Gasteiger partial charge in [-0.25, -0.2) is 9.80 Å². The highest BCUT2D eigenvalue weighted by atomic mass is 32.2. The van der Waals surface area contributed by atoms with Crippen molar-refractivity contribution in [3.8, 4) is 5.75 Å². The molecule has 144 valence electrons. The second-order valence-corrected chi connectivity index (χ2v) is 7.67. The minimum absolute atomic E-state index is 0.274. The second-order valence-electron chi connectivity index (χ2n) is 6.29. The number of ether oxygens (including phenoxy) is 1. The van der Waals surface area contributed by atoms with Crippen molar-refractivity contribution in [1.29, 1.82) is 0 Å². The molecular weight excluding hydrogens is 378 g/mol. The maximum atomic E-state index is 12.3. The lowest BCUT2D eigenvalue weighted by molar-refractivity contribution is -0.131. The minimum Gasteiger partial charge on any atom is -0.423 e. The first-order valence-corrected chi connectivity index (χ1v) is 9.35. The fourth-order valence-electron chi connectivity index (χ4n) is 2.78. The number of nitrogens with one attached hydrogen (secondary N) is 1. The normalized spacial score (nSPS) is 18.4. The van der Waals surface area contributed by atoms with E-state index in [1.165, 1.54) is 30.6 Å². The summed E-state index contributed by atoms with van der Waals surface area (Å²) in [6.45, 7) is 4.59. The topological polar surface area (TPSA) is 88.1 Å². The van der Waals surface area contributed by atoms with E-state index in [4.69, 9.17) is 4.74 Å². The van der Waals surface area contributed by atoms with E-state index >= 15 is 0 Å². The molecule has 0 aromatic heterocycles. The molecule has 0 saturated heterocycles. The van der Waals surface area contributed by atoms with Gasteiger partial charge in [-0.2, -0.15) is 0 Å². The monoisotopic (exact) mass is 397 g/mol. The number of hydrogen-bond acceptors (Lipinski definition) is 6. The van der Waals surface area contributed by atoms with Gasteiger partial charge in [-0.3, -0.25) is 9.59 Å². The van der Waals surface area contributed by atoms with Crippen LogP contribution in [0.4, 0.5) is 0 Å². The van der Waals surface area contributed by atoms with Crippen molar-refractivity contribution in [3.63, 3.8) is 0 Å². The predicted molar refractivity (Wildman–Crippen MR) is 107 cm³/mol. The summed E-state index contributed by atoms with van der Waals surface area (Å²) in [5.74, 6) is -0.670. The highest BCUT2D eigenvalue weighted by Crippen LogP contribution is 2.45. The lowest BCUT2D eigenvalue weighted by atomic mass is 10.1. The van der Waals surface area contributed by atoms with Gasteiger partial charge in [-0.15, -0.1) is 5.10 Å². The molecular formula is C20H19N3O4S. The first-order chi connectivity index (χ1) is 13.3. The molecule has 1 N–H and O–H groups in total. The molecule has 2 amide bonds. The Morgan fingerprint density at radius 2 is 1.79 bits per heavy atom. The summed E-state index contributed by atoms with van der Waals surface area (Å²) in [4.78, 5) is 34.9. The highest BCUT2D eigenvalue weighted by molar-refractivity contribution is 8.14. The van der Waals surface area contributed by atoms with Crippen LogP contribution in [0.5, 0.6) is 5.75 Å². The second kappa shape index (κ2) is 7.85. The van der Waals surface area contributed by atoms with Gasteiger partial charge in [0, 0.05) is 13.8 Å². The van der Waals surface area contributed by atoms with Crippen LogP contribution in [-0.2, 0) is 14.5 Å². The number of benzene rings is 2. The van der Waals surface area contributed by atoms with Crippen LogP contribution in [0.2, 0.25) is 0 Å². The molecule has 1 atom stereocenters. The van der Waals surface area contributed by atoms with Crippen molar-refractivity contribution < 1.29 is 19.1 Å². The fraction of sp³-hybridized carbons (Fsp3) is 0.200. The molecule has 2 aromatic rings. The van der Waals surface area contributed by atoms with Crippen LogP contribution >= 0.6 is 11.8 Å². The van der Waals surface area contributed by atoms with Crippen LogP contribution < -0.4 is 10.1 Å². The van der Waals surface area contributed by atoms with Crippen LogP contribution in [0.1, 0.15) is 36.7 Å². The van der Waals surface area contributed by atoms with Gasteiger partial charge in [-0.1, -0.05) is 42.1 Å². The third-order valence-electron chi connectivity index (χ3n) is 4.06. The largest absolute Gasteiger partial charge is 0.423 e. The minimum atomic E-state index is -0.890. The number of nitrogens with zero attached hydrogens (tertiary/aromatic N) is 2. The smallest absolute Gasteiger partial charge is 0.343 e. The van der Waals surface area contributed by atoms with E-state index in [9.17, 15) is 14.4 Å². The van der Waals surface area contributed by atoms with Crippen LogP contribution in [0.3, 0.4) is 0 Å². The summed E-state index contributed by atoms with van der Waals surface area (Å²) in [7, 11) is 0. The summed E-state index contributed by atoms with van der Waals surface area (Å²) in [5, 5.41) is 8.47. The number of hydrogen-bond donors (Lipinski definition) is 1. The van der Waals surface area contributed by atoms with Gasteiger partial charge in [0.15, 0.2) is 5.17 Å². The molecule has 0 bridgehead atoms. The van der Waals surface area contributed by atoms with E-state index in [1.54, 1.807) is 42.5 Å². The maximum absolute atomic E-state index is 12.3. The van der Waals surface area contributed by atoms with Crippen molar-refractivity contribution in [2.45, 2.75) is 25.6 Å². The van der Waals surface area contributed by atoms with E-state index in [1.807, 2.05) is 19.1 Å². The van der Waals surface area contributed by atoms with Crippen LogP contribution in [0.15, 0.2) is 59.7 Å². The summed E-state index contributed by atoms with van der Waals surface area (Å²) >= 11 is 1.24. The SMILES string of the molecule is CC(=O)NC1=NN(C(C)=O)C(C)(c2cccc(OC(=O)c3ccccc3)c2)S1. The first kappa shape index (κ1) is 19.6. The highest BCUT2D eigenvalue weighted by Gasteiger charge is 2.44. The third-order valence-corrected chi connectivity index (χ3v) is 5.24. The zero-order valence-electron chi connectivity index (χ0n) is 15.6. The number of esters is 1. The molecule has 3 rings (SSSR count). The van der Waals surface area contributed by atoms with Gasteiger partial charge in [0.05, 0.1) is 5.56 Å². The summed E-state index contributed by atoms with van der Waals surface area (Å²) in [6.07, 6.45) is 0. The first-order valence-electron chi connectivity index (χ1n) is 8.53. The number of amidine groups is 1. The summed E-state index contributed by atoms with van der Waals surface area (Å²) in [5.41, 5.74) is 1.14. The van der Waals surface area contributed by atoms with Crippen molar-refractivity contribution in [2.75, 3.05) is 0 Å². The molecule has 0 fully saturated rings.